The number of hydrogen-bond donors (Lipinski definition) is 3. The number of rotatable bonds is 69. The van der Waals surface area contributed by atoms with E-state index in [1.165, 1.54) is 70.6 Å². The molecule has 544 valence electrons. The minimum absolute atomic E-state index is 0.0826. The van der Waals surface area contributed by atoms with Crippen LogP contribution >= 0.6 is 15.6 Å². The highest BCUT2D eigenvalue weighted by Crippen LogP contribution is 2.45. The molecule has 0 aliphatic rings. The molecule has 94 heavy (non-hydrogen) atoms. The number of carbonyl (C=O) groups excluding carboxylic acids is 4. The molecule has 17 nitrogen and oxygen atoms in total. The van der Waals surface area contributed by atoms with Crippen molar-refractivity contribution in [3.8, 4) is 0 Å². The second-order valence-corrected chi connectivity index (χ2v) is 27.4. The molecule has 0 aliphatic carbocycles. The highest BCUT2D eigenvalue weighted by Gasteiger charge is 2.30. The average molecular weight is 1370 g/mol. The van der Waals surface area contributed by atoms with Gasteiger partial charge < -0.3 is 33.8 Å². The molecule has 0 radical (unpaired) electrons. The summed E-state index contributed by atoms with van der Waals surface area (Å²) in [5, 5.41) is 10.6. The Morgan fingerprint density at radius 2 is 0.564 bits per heavy atom. The van der Waals surface area contributed by atoms with Crippen LogP contribution in [0.15, 0.2) is 85.1 Å². The summed E-state index contributed by atoms with van der Waals surface area (Å²) in [5.41, 5.74) is 0. The largest absolute Gasteiger partial charge is 0.472 e. The maximum absolute atomic E-state index is 13.0. The number of phosphoric acid groups is 2. The highest BCUT2D eigenvalue weighted by atomic mass is 31.2. The van der Waals surface area contributed by atoms with Crippen LogP contribution in [0, 0.1) is 0 Å². The lowest BCUT2D eigenvalue weighted by atomic mass is 10.1. The monoisotopic (exact) mass is 1370 g/mol. The first kappa shape index (κ1) is 90.2. The lowest BCUT2D eigenvalue weighted by molar-refractivity contribution is -0.161. The number of aliphatic hydroxyl groups excluding tert-OH is 1. The summed E-state index contributed by atoms with van der Waals surface area (Å²) >= 11 is 0. The lowest BCUT2D eigenvalue weighted by Gasteiger charge is -2.21. The van der Waals surface area contributed by atoms with Crippen molar-refractivity contribution in [1.29, 1.82) is 0 Å². The van der Waals surface area contributed by atoms with Gasteiger partial charge in [0.1, 0.15) is 19.3 Å². The molecule has 0 spiro atoms. The van der Waals surface area contributed by atoms with E-state index in [4.69, 9.17) is 37.0 Å². The Bertz CT molecular complexity index is 2120. The van der Waals surface area contributed by atoms with Crippen LogP contribution in [0.5, 0.6) is 0 Å². The molecule has 0 rings (SSSR count). The molecule has 0 aromatic rings. The van der Waals surface area contributed by atoms with Crippen LogP contribution in [0.2, 0.25) is 0 Å². The van der Waals surface area contributed by atoms with Gasteiger partial charge in [-0.25, -0.2) is 9.13 Å². The van der Waals surface area contributed by atoms with Crippen LogP contribution in [0.3, 0.4) is 0 Å². The van der Waals surface area contributed by atoms with Crippen LogP contribution < -0.4 is 0 Å². The van der Waals surface area contributed by atoms with Gasteiger partial charge in [0, 0.05) is 25.7 Å². The van der Waals surface area contributed by atoms with Gasteiger partial charge >= 0.3 is 39.5 Å². The molecule has 0 aliphatic heterocycles. The normalized spacial score (nSPS) is 14.5. The highest BCUT2D eigenvalue weighted by molar-refractivity contribution is 7.47. The van der Waals surface area contributed by atoms with Gasteiger partial charge in [-0.05, 0) is 116 Å². The summed E-state index contributed by atoms with van der Waals surface area (Å²) in [4.78, 5) is 72.6. The van der Waals surface area contributed by atoms with E-state index < -0.39 is 97.5 Å². The molecular weight excluding hydrogens is 1230 g/mol. The smallest absolute Gasteiger partial charge is 0.462 e. The van der Waals surface area contributed by atoms with Crippen LogP contribution in [-0.4, -0.2) is 96.7 Å². The molecule has 0 heterocycles. The van der Waals surface area contributed by atoms with E-state index in [2.05, 4.69) is 113 Å². The molecule has 5 unspecified atom stereocenters. The Kier molecular flexibility index (Phi) is 65.1. The minimum Gasteiger partial charge on any atom is -0.462 e. The van der Waals surface area contributed by atoms with Gasteiger partial charge in [-0.3, -0.25) is 37.3 Å². The number of aliphatic hydroxyl groups is 1. The van der Waals surface area contributed by atoms with Crippen LogP contribution in [-0.2, 0) is 65.4 Å². The van der Waals surface area contributed by atoms with Gasteiger partial charge in [-0.1, -0.05) is 254 Å². The number of hydrogen-bond acceptors (Lipinski definition) is 15. The molecule has 3 N–H and O–H groups in total. The zero-order chi connectivity index (χ0) is 69.0. The predicted octanol–water partition coefficient (Wildman–Crippen LogP) is 20.7. The van der Waals surface area contributed by atoms with Gasteiger partial charge in [0.25, 0.3) is 0 Å². The third-order valence-electron chi connectivity index (χ3n) is 15.3. The summed E-state index contributed by atoms with van der Waals surface area (Å²) in [6, 6.07) is 0. The number of carbonyl (C=O) groups is 4. The van der Waals surface area contributed by atoms with Crippen LogP contribution in [0.25, 0.3) is 0 Å². The van der Waals surface area contributed by atoms with E-state index in [1.807, 2.05) is 0 Å². The maximum atomic E-state index is 13.0. The SMILES string of the molecule is CC/C=C\C/C=C\C/C=C\C/C=C\CCCCCCC(=O)OCC(COP(=O)(O)OCC(O)COP(=O)(O)OCC(COC(=O)CCCCCCC/C=C\C/C=C\CCCCC)OC(=O)CCCCCCC/C=C\CCCC)OC(=O)CCCCCCCCCCCCC. The summed E-state index contributed by atoms with van der Waals surface area (Å²) in [6.07, 6.45) is 67.3. The van der Waals surface area contributed by atoms with Crippen molar-refractivity contribution >= 4 is 39.5 Å². The second kappa shape index (κ2) is 67.8. The first-order valence-corrected chi connectivity index (χ1v) is 39.8. The predicted molar refractivity (Wildman–Crippen MR) is 381 cm³/mol. The Balaban J connectivity index is 5.31. The Morgan fingerprint density at radius 3 is 0.915 bits per heavy atom. The van der Waals surface area contributed by atoms with E-state index in [0.29, 0.717) is 25.7 Å². The number of unbranched alkanes of at least 4 members (excludes halogenated alkanes) is 29. The fourth-order valence-corrected chi connectivity index (χ4v) is 11.3. The van der Waals surface area contributed by atoms with Gasteiger partial charge in [0.05, 0.1) is 26.4 Å². The first-order chi connectivity index (χ1) is 45.7. The first-order valence-electron chi connectivity index (χ1n) is 36.8. The summed E-state index contributed by atoms with van der Waals surface area (Å²) in [7, 11) is -9.94. The Hall–Kier alpha value is -3.76. The quantitative estimate of drug-likeness (QED) is 0.0169. The van der Waals surface area contributed by atoms with Crippen molar-refractivity contribution in [2.75, 3.05) is 39.6 Å². The molecule has 0 amide bonds. The molecule has 19 heteroatoms. The molecule has 0 saturated heterocycles. The van der Waals surface area contributed by atoms with E-state index in [9.17, 15) is 43.2 Å². The Labute approximate surface area is 570 Å². The fourth-order valence-electron chi connectivity index (χ4n) is 9.69. The third kappa shape index (κ3) is 66.8. The fraction of sp³-hybridized carbons (Fsp3) is 0.760. The second-order valence-electron chi connectivity index (χ2n) is 24.5. The van der Waals surface area contributed by atoms with E-state index in [-0.39, 0.29) is 25.7 Å². The minimum atomic E-state index is -4.97. The number of allylic oxidation sites excluding steroid dienone is 14. The van der Waals surface area contributed by atoms with Crippen LogP contribution in [0.1, 0.15) is 310 Å². The number of ether oxygens (including phenoxy) is 4. The average Bonchev–Trinajstić information content (AvgIpc) is 1.32. The van der Waals surface area contributed by atoms with Crippen LogP contribution in [0.4, 0.5) is 0 Å². The lowest BCUT2D eigenvalue weighted by Crippen LogP contribution is -2.30. The van der Waals surface area contributed by atoms with Gasteiger partial charge in [-0.2, -0.15) is 0 Å². The molecule has 0 aromatic heterocycles. The van der Waals surface area contributed by atoms with Crippen molar-refractivity contribution < 1.29 is 80.2 Å². The summed E-state index contributed by atoms with van der Waals surface area (Å²) < 4.78 is 68.3. The zero-order valence-corrected chi connectivity index (χ0v) is 60.9. The van der Waals surface area contributed by atoms with Gasteiger partial charge in [0.2, 0.25) is 0 Å². The summed E-state index contributed by atoms with van der Waals surface area (Å²) in [6.45, 7) is 4.64. The van der Waals surface area contributed by atoms with Crippen molar-refractivity contribution in [3.05, 3.63) is 85.1 Å². The zero-order valence-electron chi connectivity index (χ0n) is 59.1. The topological polar surface area (TPSA) is 237 Å². The number of esters is 4. The third-order valence-corrected chi connectivity index (χ3v) is 17.2. The van der Waals surface area contributed by atoms with Gasteiger partial charge in [0.15, 0.2) is 12.2 Å². The van der Waals surface area contributed by atoms with Crippen molar-refractivity contribution in [3.63, 3.8) is 0 Å². The number of phosphoric ester groups is 2. The molecule has 0 bridgehead atoms. The summed E-state index contributed by atoms with van der Waals surface area (Å²) in [5.74, 6) is -2.21. The van der Waals surface area contributed by atoms with Crippen molar-refractivity contribution in [1.82, 2.24) is 0 Å². The molecule has 5 atom stereocenters. The molecule has 0 fully saturated rings. The van der Waals surface area contributed by atoms with E-state index >= 15 is 0 Å². The maximum Gasteiger partial charge on any atom is 0.472 e. The molecular formula is C75H132O17P2. The van der Waals surface area contributed by atoms with E-state index in [0.717, 1.165) is 161 Å². The van der Waals surface area contributed by atoms with E-state index in [1.54, 1.807) is 0 Å². The standard InChI is InChI=1S/C75H132O17P2/c1-5-9-13-17-21-25-29-31-33-34-36-38-42-44-48-52-56-60-73(78)86-66-71(92-75(80)62-58-54-50-46-40-28-24-20-16-12-8-4)68-90-94(83,84)88-64-69(76)63-87-93(81,82)89-67-70(91-74(79)61-57-53-49-45-39-27-23-19-15-11-7-3)65-85-72(77)59-55-51-47-43-41-37-35-32-30-26-22-18-14-10-6-2/h9,13,19,21-23,25-26,31-33,35-36,38,69-71,76H,5-8,10-12,14-18,20,24,27-30,34,37,39-68H2,1-4H3,(H,81,82)(H,83,84)/b13-9-,23-19-,25-21-,26-22-,33-31-,35-32-,38-36-. The van der Waals surface area contributed by atoms with Crippen molar-refractivity contribution in [2.45, 2.75) is 329 Å². The van der Waals surface area contributed by atoms with Crippen molar-refractivity contribution in [2.24, 2.45) is 0 Å². The molecule has 0 aromatic carbocycles. The van der Waals surface area contributed by atoms with Gasteiger partial charge in [-0.15, -0.1) is 0 Å². The molecule has 0 saturated carbocycles. The Morgan fingerprint density at radius 1 is 0.309 bits per heavy atom.